The molecule has 3 rings (SSSR count). The monoisotopic (exact) mass is 355 g/mol. The first-order valence-electron chi connectivity index (χ1n) is 9.34. The molecule has 140 valence electrons. The Bertz CT molecular complexity index is 767. The number of pyridine rings is 1. The number of nitrogens with zero attached hydrogens (tertiary/aromatic N) is 5. The van der Waals surface area contributed by atoms with Gasteiger partial charge in [0.25, 0.3) is 0 Å². The molecule has 1 fully saturated rings. The molecule has 1 saturated heterocycles. The number of likely N-dealkylation sites (tertiary alicyclic amines) is 1. The average molecular weight is 355 g/mol. The van der Waals surface area contributed by atoms with Crippen LogP contribution in [0.2, 0.25) is 0 Å². The van der Waals surface area contributed by atoms with Crippen LogP contribution in [0.15, 0.2) is 24.5 Å². The normalized spacial score (nSPS) is 17.4. The SMILES string of the molecule is Cc1c(CCC(=O)N2CCC[C@@H](c3ccnc(N(C)C)c3)C2)cnn1C. The Labute approximate surface area is 155 Å². The summed E-state index contributed by atoms with van der Waals surface area (Å²) >= 11 is 0. The van der Waals surface area contributed by atoms with Crippen molar-refractivity contribution >= 4 is 11.7 Å². The summed E-state index contributed by atoms with van der Waals surface area (Å²) in [7, 11) is 5.94. The van der Waals surface area contributed by atoms with Crippen molar-refractivity contribution in [1.82, 2.24) is 19.7 Å². The molecule has 0 radical (unpaired) electrons. The van der Waals surface area contributed by atoms with E-state index in [1.54, 1.807) is 0 Å². The summed E-state index contributed by atoms with van der Waals surface area (Å²) in [5, 5.41) is 4.26. The van der Waals surface area contributed by atoms with Crippen molar-refractivity contribution in [3.8, 4) is 0 Å². The third-order valence-electron chi connectivity index (χ3n) is 5.42. The van der Waals surface area contributed by atoms with Crippen LogP contribution in [-0.4, -0.2) is 52.8 Å². The first-order valence-corrected chi connectivity index (χ1v) is 9.34. The Morgan fingerprint density at radius 1 is 1.38 bits per heavy atom. The quantitative estimate of drug-likeness (QED) is 0.827. The van der Waals surface area contributed by atoms with Crippen molar-refractivity contribution in [3.63, 3.8) is 0 Å². The van der Waals surface area contributed by atoms with Crippen LogP contribution in [0.25, 0.3) is 0 Å². The van der Waals surface area contributed by atoms with E-state index in [2.05, 4.69) is 29.1 Å². The highest BCUT2D eigenvalue weighted by Gasteiger charge is 2.25. The molecular formula is C20H29N5O. The van der Waals surface area contributed by atoms with Crippen molar-refractivity contribution in [2.24, 2.45) is 7.05 Å². The molecule has 1 aliphatic rings. The Balaban J connectivity index is 1.61. The van der Waals surface area contributed by atoms with Crippen LogP contribution in [0.1, 0.15) is 42.0 Å². The van der Waals surface area contributed by atoms with Crippen LogP contribution in [0.5, 0.6) is 0 Å². The van der Waals surface area contributed by atoms with E-state index >= 15 is 0 Å². The van der Waals surface area contributed by atoms with Gasteiger partial charge >= 0.3 is 0 Å². The fourth-order valence-electron chi connectivity index (χ4n) is 3.60. The fourth-order valence-corrected chi connectivity index (χ4v) is 3.60. The summed E-state index contributed by atoms with van der Waals surface area (Å²) in [5.41, 5.74) is 3.59. The molecule has 6 nitrogen and oxygen atoms in total. The predicted molar refractivity (Wildman–Crippen MR) is 103 cm³/mol. The lowest BCUT2D eigenvalue weighted by molar-refractivity contribution is -0.132. The van der Waals surface area contributed by atoms with Gasteiger partial charge in [-0.1, -0.05) is 0 Å². The van der Waals surface area contributed by atoms with E-state index in [4.69, 9.17) is 0 Å². The summed E-state index contributed by atoms with van der Waals surface area (Å²) < 4.78 is 1.86. The van der Waals surface area contributed by atoms with Gasteiger partial charge in [-0.2, -0.15) is 5.10 Å². The van der Waals surface area contributed by atoms with Gasteiger partial charge in [0.2, 0.25) is 5.91 Å². The first kappa shape index (κ1) is 18.4. The lowest BCUT2D eigenvalue weighted by atomic mass is 9.91. The van der Waals surface area contributed by atoms with E-state index in [1.807, 2.05) is 48.0 Å². The molecule has 1 amide bonds. The Hall–Kier alpha value is -2.37. The molecule has 0 unspecified atom stereocenters. The lowest BCUT2D eigenvalue weighted by Gasteiger charge is -2.33. The van der Waals surface area contributed by atoms with Crippen molar-refractivity contribution < 1.29 is 4.79 Å². The molecule has 3 heterocycles. The number of rotatable bonds is 5. The zero-order valence-electron chi connectivity index (χ0n) is 16.3. The van der Waals surface area contributed by atoms with Crippen LogP contribution in [0.3, 0.4) is 0 Å². The first-order chi connectivity index (χ1) is 12.5. The topological polar surface area (TPSA) is 54.3 Å². The van der Waals surface area contributed by atoms with Crippen molar-refractivity contribution in [2.75, 3.05) is 32.1 Å². The van der Waals surface area contributed by atoms with Gasteiger partial charge in [-0.25, -0.2) is 4.98 Å². The number of hydrogen-bond acceptors (Lipinski definition) is 4. The van der Waals surface area contributed by atoms with E-state index in [0.29, 0.717) is 12.3 Å². The summed E-state index contributed by atoms with van der Waals surface area (Å²) in [6, 6.07) is 4.24. The molecule has 0 aromatic carbocycles. The van der Waals surface area contributed by atoms with Crippen molar-refractivity contribution in [3.05, 3.63) is 41.3 Å². The molecule has 0 saturated carbocycles. The third-order valence-corrected chi connectivity index (χ3v) is 5.42. The molecule has 2 aromatic heterocycles. The molecule has 0 aliphatic carbocycles. The second-order valence-corrected chi connectivity index (χ2v) is 7.40. The smallest absolute Gasteiger partial charge is 0.222 e. The van der Waals surface area contributed by atoms with Crippen LogP contribution in [-0.2, 0) is 18.3 Å². The summed E-state index contributed by atoms with van der Waals surface area (Å²) in [5.74, 6) is 1.62. The molecule has 1 atom stereocenters. The van der Waals surface area contributed by atoms with Gasteiger partial charge in [-0.3, -0.25) is 9.48 Å². The molecule has 26 heavy (non-hydrogen) atoms. The minimum absolute atomic E-state index is 0.250. The van der Waals surface area contributed by atoms with Crippen molar-refractivity contribution in [1.29, 1.82) is 0 Å². The molecule has 0 spiro atoms. The van der Waals surface area contributed by atoms with Gasteiger partial charge in [0.1, 0.15) is 5.82 Å². The number of carbonyl (C=O) groups is 1. The second-order valence-electron chi connectivity index (χ2n) is 7.40. The molecular weight excluding hydrogens is 326 g/mol. The van der Waals surface area contributed by atoms with Crippen LogP contribution < -0.4 is 4.90 Å². The molecule has 1 aliphatic heterocycles. The minimum Gasteiger partial charge on any atom is -0.363 e. The highest BCUT2D eigenvalue weighted by atomic mass is 16.2. The summed E-state index contributed by atoms with van der Waals surface area (Å²) in [6.07, 6.45) is 7.25. The van der Waals surface area contributed by atoms with Gasteiger partial charge in [0.05, 0.1) is 6.20 Å². The van der Waals surface area contributed by atoms with Gasteiger partial charge in [-0.05, 0) is 49.4 Å². The van der Waals surface area contributed by atoms with Crippen LogP contribution in [0, 0.1) is 6.92 Å². The molecule has 0 N–H and O–H groups in total. The number of hydrogen-bond donors (Lipinski definition) is 0. The van der Waals surface area contributed by atoms with E-state index < -0.39 is 0 Å². The minimum atomic E-state index is 0.250. The number of anilines is 1. The highest BCUT2D eigenvalue weighted by molar-refractivity contribution is 5.76. The van der Waals surface area contributed by atoms with E-state index in [0.717, 1.165) is 43.9 Å². The predicted octanol–water partition coefficient (Wildman–Crippen LogP) is 2.53. The fraction of sp³-hybridized carbons (Fsp3) is 0.550. The zero-order valence-corrected chi connectivity index (χ0v) is 16.3. The number of carbonyl (C=O) groups excluding carboxylic acids is 1. The number of amides is 1. The van der Waals surface area contributed by atoms with Crippen LogP contribution in [0.4, 0.5) is 5.82 Å². The Morgan fingerprint density at radius 3 is 2.88 bits per heavy atom. The third kappa shape index (κ3) is 4.06. The summed E-state index contributed by atoms with van der Waals surface area (Å²) in [6.45, 7) is 3.73. The van der Waals surface area contributed by atoms with Gasteiger partial charge in [0, 0.05) is 58.5 Å². The van der Waals surface area contributed by atoms with E-state index in [9.17, 15) is 4.79 Å². The molecule has 0 bridgehead atoms. The molecule has 6 heteroatoms. The maximum absolute atomic E-state index is 12.7. The van der Waals surface area contributed by atoms with Gasteiger partial charge in [-0.15, -0.1) is 0 Å². The van der Waals surface area contributed by atoms with E-state index in [-0.39, 0.29) is 5.91 Å². The number of aryl methyl sites for hydroxylation is 2. The largest absolute Gasteiger partial charge is 0.363 e. The Morgan fingerprint density at radius 2 is 2.19 bits per heavy atom. The van der Waals surface area contributed by atoms with Gasteiger partial charge < -0.3 is 9.80 Å². The Kier molecular flexibility index (Phi) is 5.59. The van der Waals surface area contributed by atoms with Crippen LogP contribution >= 0.6 is 0 Å². The lowest BCUT2D eigenvalue weighted by Crippen LogP contribution is -2.39. The second kappa shape index (κ2) is 7.89. The maximum Gasteiger partial charge on any atom is 0.222 e. The number of aromatic nitrogens is 3. The zero-order chi connectivity index (χ0) is 18.7. The highest BCUT2D eigenvalue weighted by Crippen LogP contribution is 2.28. The standard InChI is InChI=1S/C20H29N5O/c1-15-17(13-22-24(15)4)7-8-20(26)25-11-5-6-18(14-25)16-9-10-21-19(12-16)23(2)3/h9-10,12-13,18H,5-8,11,14H2,1-4H3/t18-/m1/s1. The average Bonchev–Trinajstić information content (AvgIpc) is 2.98. The van der Waals surface area contributed by atoms with Gasteiger partial charge in [0.15, 0.2) is 0 Å². The maximum atomic E-state index is 12.7. The van der Waals surface area contributed by atoms with E-state index in [1.165, 1.54) is 11.1 Å². The number of piperidine rings is 1. The summed E-state index contributed by atoms with van der Waals surface area (Å²) in [4.78, 5) is 21.2. The molecule has 2 aromatic rings. The van der Waals surface area contributed by atoms with Crippen molar-refractivity contribution in [2.45, 2.75) is 38.5 Å².